The molecule has 0 aliphatic carbocycles. The third-order valence-corrected chi connectivity index (χ3v) is 9.14. The van der Waals surface area contributed by atoms with Gasteiger partial charge in [0.2, 0.25) is 17.7 Å². The van der Waals surface area contributed by atoms with Gasteiger partial charge in [-0.25, -0.2) is 4.79 Å². The molecule has 1 aromatic rings. The van der Waals surface area contributed by atoms with Gasteiger partial charge in [0.05, 0.1) is 12.0 Å². The minimum absolute atomic E-state index is 0.0360. The van der Waals surface area contributed by atoms with Crippen molar-refractivity contribution in [2.75, 3.05) is 13.1 Å². The van der Waals surface area contributed by atoms with Gasteiger partial charge in [-0.1, -0.05) is 72.2 Å². The Bertz CT molecular complexity index is 1340. The Morgan fingerprint density at radius 2 is 1.62 bits per heavy atom. The molecule has 1 saturated heterocycles. The summed E-state index contributed by atoms with van der Waals surface area (Å²) in [6.45, 7) is 12.2. The van der Waals surface area contributed by atoms with Crippen molar-refractivity contribution in [2.45, 2.75) is 125 Å². The van der Waals surface area contributed by atoms with Crippen LogP contribution in [0.15, 0.2) is 24.3 Å². The number of nitrogens with zero attached hydrogens (tertiary/aromatic N) is 1. The van der Waals surface area contributed by atoms with E-state index in [1.807, 2.05) is 41.5 Å². The number of nitrogens with one attached hydrogen (secondary N) is 2. The smallest absolute Gasteiger partial charge is 0.312 e. The molecule has 0 saturated carbocycles. The first-order valence-electron chi connectivity index (χ1n) is 18.0. The van der Waals surface area contributed by atoms with Crippen molar-refractivity contribution in [2.24, 2.45) is 28.9 Å². The SMILES string of the molecule is CCCC(=O)OCc1ccc(CC(=O)[C@H](CCCNC(N)=O)NC(=O)[C@@H](CC(=O)CCCCCN2C(=O)CC(C(C)(C)C)C2=O)C(C)C)cc1. The fraction of sp³-hybridized carbons (Fsp3) is 0.658. The molecule has 0 aromatic heterocycles. The Morgan fingerprint density at radius 1 is 0.960 bits per heavy atom. The normalized spacial score (nSPS) is 15.9. The second kappa shape index (κ2) is 20.6. The first kappa shape index (κ1) is 42.1. The number of primary amides is 1. The van der Waals surface area contributed by atoms with E-state index in [4.69, 9.17) is 10.5 Å². The van der Waals surface area contributed by atoms with Crippen LogP contribution in [0, 0.1) is 23.2 Å². The largest absolute Gasteiger partial charge is 0.461 e. The summed E-state index contributed by atoms with van der Waals surface area (Å²) < 4.78 is 5.24. The van der Waals surface area contributed by atoms with Gasteiger partial charge >= 0.3 is 12.0 Å². The lowest BCUT2D eigenvalue weighted by atomic mass is 9.80. The number of imide groups is 1. The maximum atomic E-state index is 13.5. The zero-order chi connectivity index (χ0) is 37.4. The van der Waals surface area contributed by atoms with E-state index in [0.717, 1.165) is 11.1 Å². The van der Waals surface area contributed by atoms with E-state index in [1.165, 1.54) is 4.90 Å². The molecule has 4 N–H and O–H groups in total. The average molecular weight is 699 g/mol. The summed E-state index contributed by atoms with van der Waals surface area (Å²) in [5.74, 6) is -2.28. The number of nitrogens with two attached hydrogens (primary N) is 1. The van der Waals surface area contributed by atoms with Gasteiger partial charge in [0.25, 0.3) is 0 Å². The number of hydrogen-bond acceptors (Lipinski definition) is 8. The third-order valence-electron chi connectivity index (χ3n) is 9.14. The number of ketones is 2. The fourth-order valence-corrected chi connectivity index (χ4v) is 5.97. The minimum Gasteiger partial charge on any atom is -0.461 e. The van der Waals surface area contributed by atoms with Crippen molar-refractivity contribution in [3.05, 3.63) is 35.4 Å². The number of amides is 5. The maximum absolute atomic E-state index is 13.5. The fourth-order valence-electron chi connectivity index (χ4n) is 5.97. The van der Waals surface area contributed by atoms with Gasteiger partial charge in [0, 0.05) is 51.1 Å². The highest BCUT2D eigenvalue weighted by atomic mass is 16.5. The van der Waals surface area contributed by atoms with Crippen LogP contribution in [-0.2, 0) is 46.5 Å². The highest BCUT2D eigenvalue weighted by Crippen LogP contribution is 2.35. The van der Waals surface area contributed by atoms with E-state index in [0.29, 0.717) is 45.1 Å². The Kier molecular flexibility index (Phi) is 17.3. The van der Waals surface area contributed by atoms with Crippen LogP contribution in [0.4, 0.5) is 4.79 Å². The molecule has 278 valence electrons. The molecule has 1 heterocycles. The second-order valence-electron chi connectivity index (χ2n) is 14.8. The molecule has 1 fully saturated rings. The van der Waals surface area contributed by atoms with Gasteiger partial charge < -0.3 is 21.1 Å². The van der Waals surface area contributed by atoms with Crippen molar-refractivity contribution < 1.29 is 38.3 Å². The number of ether oxygens (including phenoxy) is 1. The van der Waals surface area contributed by atoms with Crippen LogP contribution >= 0.6 is 0 Å². The van der Waals surface area contributed by atoms with Gasteiger partial charge in [-0.15, -0.1) is 0 Å². The first-order chi connectivity index (χ1) is 23.5. The molecule has 2 rings (SSSR count). The molecule has 3 atom stereocenters. The molecular weight excluding hydrogens is 640 g/mol. The lowest BCUT2D eigenvalue weighted by Gasteiger charge is -2.25. The summed E-state index contributed by atoms with van der Waals surface area (Å²) in [4.78, 5) is 89.2. The Labute approximate surface area is 297 Å². The van der Waals surface area contributed by atoms with Crippen LogP contribution < -0.4 is 16.4 Å². The minimum atomic E-state index is -0.836. The van der Waals surface area contributed by atoms with E-state index in [-0.39, 0.29) is 97.8 Å². The maximum Gasteiger partial charge on any atom is 0.312 e. The highest BCUT2D eigenvalue weighted by Gasteiger charge is 2.44. The highest BCUT2D eigenvalue weighted by molar-refractivity contribution is 6.03. The van der Waals surface area contributed by atoms with E-state index in [1.54, 1.807) is 24.3 Å². The predicted octanol–water partition coefficient (Wildman–Crippen LogP) is 4.79. The van der Waals surface area contributed by atoms with Crippen LogP contribution in [-0.4, -0.2) is 65.3 Å². The molecule has 1 aliphatic rings. The number of carbonyl (C=O) groups is 7. The summed E-state index contributed by atoms with van der Waals surface area (Å²) in [6.07, 6.45) is 4.20. The summed E-state index contributed by atoms with van der Waals surface area (Å²) >= 11 is 0. The average Bonchev–Trinajstić information content (AvgIpc) is 3.33. The molecule has 1 unspecified atom stereocenters. The molecule has 12 heteroatoms. The lowest BCUT2D eigenvalue weighted by Crippen LogP contribution is -2.46. The Hall–Kier alpha value is -4.09. The summed E-state index contributed by atoms with van der Waals surface area (Å²) in [6, 6.07) is 5.64. The number of unbranched alkanes of at least 4 members (excludes halogenated alkanes) is 2. The van der Waals surface area contributed by atoms with Gasteiger partial charge in [-0.05, 0) is 54.6 Å². The summed E-state index contributed by atoms with van der Waals surface area (Å²) in [5, 5.41) is 5.39. The van der Waals surface area contributed by atoms with Gasteiger partial charge in [-0.2, -0.15) is 0 Å². The topological polar surface area (TPSA) is 182 Å². The lowest BCUT2D eigenvalue weighted by molar-refractivity contribution is -0.145. The Balaban J connectivity index is 1.93. The van der Waals surface area contributed by atoms with Crippen LogP contribution in [0.5, 0.6) is 0 Å². The predicted molar refractivity (Wildman–Crippen MR) is 189 cm³/mol. The number of urea groups is 1. The molecule has 1 aromatic carbocycles. The zero-order valence-electron chi connectivity index (χ0n) is 30.8. The number of likely N-dealkylation sites (tertiary alicyclic amines) is 1. The standard InChI is InChI=1S/C38H58N4O8/c1-7-12-34(46)50-24-27-17-15-26(16-18-27)21-32(44)31(14-11-19-40-37(39)49)41-35(47)29(25(2)3)22-28(43)13-9-8-10-20-42-33(45)23-30(36(42)48)38(4,5)6/h15-18,25,29-31H,7-14,19-24H2,1-6H3,(H,41,47)(H3,39,40,49)/t29-,30?,31-/m0/s1. The first-order valence-corrected chi connectivity index (χ1v) is 18.0. The monoisotopic (exact) mass is 698 g/mol. The molecule has 1 aliphatic heterocycles. The van der Waals surface area contributed by atoms with Crippen LogP contribution in [0.2, 0.25) is 0 Å². The number of benzene rings is 1. The molecule has 50 heavy (non-hydrogen) atoms. The van der Waals surface area contributed by atoms with Gasteiger partial charge in [-0.3, -0.25) is 33.7 Å². The van der Waals surface area contributed by atoms with E-state index < -0.39 is 18.0 Å². The second-order valence-corrected chi connectivity index (χ2v) is 14.8. The number of carbonyl (C=O) groups excluding carboxylic acids is 7. The summed E-state index contributed by atoms with van der Waals surface area (Å²) in [5.41, 5.74) is 6.42. The van der Waals surface area contributed by atoms with Crippen molar-refractivity contribution in [3.63, 3.8) is 0 Å². The van der Waals surface area contributed by atoms with Crippen LogP contribution in [0.25, 0.3) is 0 Å². The molecule has 12 nitrogen and oxygen atoms in total. The molecule has 5 amide bonds. The van der Waals surface area contributed by atoms with Crippen molar-refractivity contribution in [3.8, 4) is 0 Å². The van der Waals surface area contributed by atoms with E-state index >= 15 is 0 Å². The molecule has 0 radical (unpaired) electrons. The van der Waals surface area contributed by atoms with E-state index in [9.17, 15) is 33.6 Å². The zero-order valence-corrected chi connectivity index (χ0v) is 30.8. The number of esters is 1. The molecular formula is C38H58N4O8. The number of rotatable bonds is 22. The molecule has 0 spiro atoms. The van der Waals surface area contributed by atoms with Crippen LogP contribution in [0.1, 0.15) is 117 Å². The van der Waals surface area contributed by atoms with Crippen molar-refractivity contribution in [1.29, 1.82) is 0 Å². The number of Topliss-reactive ketones (excluding diaryl/α,β-unsaturated/α-hetero) is 2. The van der Waals surface area contributed by atoms with Gasteiger partial charge in [0.15, 0.2) is 5.78 Å². The third kappa shape index (κ3) is 14.4. The number of hydrogen-bond donors (Lipinski definition) is 3. The molecule has 0 bridgehead atoms. The van der Waals surface area contributed by atoms with Crippen LogP contribution in [0.3, 0.4) is 0 Å². The Morgan fingerprint density at radius 3 is 2.20 bits per heavy atom. The van der Waals surface area contributed by atoms with E-state index in [2.05, 4.69) is 10.6 Å². The quantitative estimate of drug-likeness (QED) is 0.0878. The summed E-state index contributed by atoms with van der Waals surface area (Å²) in [7, 11) is 0. The van der Waals surface area contributed by atoms with Crippen molar-refractivity contribution >= 4 is 41.3 Å². The van der Waals surface area contributed by atoms with Gasteiger partial charge in [0.1, 0.15) is 12.4 Å². The van der Waals surface area contributed by atoms with Crippen molar-refractivity contribution in [1.82, 2.24) is 15.5 Å².